The first-order chi connectivity index (χ1) is 4.83. The van der Waals surface area contributed by atoms with Gasteiger partial charge in [0, 0.05) is 6.54 Å². The Morgan fingerprint density at radius 1 is 1.64 bits per heavy atom. The van der Waals surface area contributed by atoms with Crippen LogP contribution in [0.3, 0.4) is 0 Å². The van der Waals surface area contributed by atoms with Gasteiger partial charge in [0.25, 0.3) is 0 Å². The van der Waals surface area contributed by atoms with Crippen molar-refractivity contribution in [3.8, 4) is 0 Å². The van der Waals surface area contributed by atoms with E-state index in [-0.39, 0.29) is 0 Å². The van der Waals surface area contributed by atoms with E-state index in [4.69, 9.17) is 15.4 Å². The van der Waals surface area contributed by atoms with Crippen LogP contribution in [-0.2, 0) is 15.1 Å². The molecule has 0 aromatic rings. The van der Waals surface area contributed by atoms with Gasteiger partial charge in [-0.15, -0.1) is 0 Å². The fourth-order valence-electron chi connectivity index (χ4n) is 0.282. The molecule has 11 heavy (non-hydrogen) atoms. The lowest BCUT2D eigenvalue weighted by Crippen LogP contribution is -2.42. The maximum atomic E-state index is 9.97. The highest BCUT2D eigenvalue weighted by molar-refractivity contribution is 7.83. The Kier molecular flexibility index (Phi) is 3.39. The van der Waals surface area contributed by atoms with E-state index in [1.54, 1.807) is 0 Å². The number of rotatable bonds is 4. The van der Waals surface area contributed by atoms with E-state index >= 15 is 0 Å². The Morgan fingerprint density at radius 3 is 2.36 bits per heavy atom. The highest BCUT2D eigenvalue weighted by Crippen LogP contribution is 1.78. The van der Waals surface area contributed by atoms with Gasteiger partial charge in [0.15, 0.2) is 0 Å². The molecule has 0 unspecified atom stereocenters. The van der Waals surface area contributed by atoms with Gasteiger partial charge in [0.05, 0.1) is 0 Å². The number of carbonyl (C=O) groups is 1. The lowest BCUT2D eigenvalue weighted by molar-refractivity contribution is -0.138. The van der Waals surface area contributed by atoms with Gasteiger partial charge in [-0.1, -0.05) is 0 Å². The number of carboxylic acids is 1. The van der Waals surface area contributed by atoms with Crippen LogP contribution in [0.25, 0.3) is 0 Å². The number of nitrogens with one attached hydrogen (secondary N) is 1. The zero-order valence-electron chi connectivity index (χ0n) is 5.39. The number of carboxylic acid groups (broad SMARTS) is 1. The average molecular weight is 184 g/mol. The third-order valence-corrected chi connectivity index (χ3v) is 1.33. The summed E-state index contributed by atoms with van der Waals surface area (Å²) in [7, 11) is -4.35. The summed E-state index contributed by atoms with van der Waals surface area (Å²) < 4.78 is 29.5. The molecule has 0 saturated carbocycles. The molecule has 0 fully saturated rings. The third kappa shape index (κ3) is 5.73. The molecule has 0 bridgehead atoms. The predicted molar refractivity (Wildman–Crippen MR) is 35.2 cm³/mol. The lowest BCUT2D eigenvalue weighted by atomic mass is 10.3. The summed E-state index contributed by atoms with van der Waals surface area (Å²) in [5.74, 6) is -1.35. The molecule has 0 aliphatic heterocycles. The fraction of sp³-hybridized carbons (Fsp3) is 0.667. The van der Waals surface area contributed by atoms with Crippen molar-refractivity contribution < 1.29 is 22.9 Å². The lowest BCUT2D eigenvalue weighted by Gasteiger charge is -2.04. The SMILES string of the molecule is N[C@@H](CNS(=O)(=O)O)C(=O)O. The second-order valence-corrected chi connectivity index (χ2v) is 3.01. The molecule has 5 N–H and O–H groups in total. The van der Waals surface area contributed by atoms with Crippen LogP contribution in [0.4, 0.5) is 0 Å². The molecule has 66 valence electrons. The number of hydrogen-bond donors (Lipinski definition) is 4. The maximum Gasteiger partial charge on any atom is 0.333 e. The normalized spacial score (nSPS) is 14.4. The topological polar surface area (TPSA) is 130 Å². The van der Waals surface area contributed by atoms with E-state index in [0.29, 0.717) is 0 Å². The number of nitrogens with two attached hydrogens (primary N) is 1. The summed E-state index contributed by atoms with van der Waals surface area (Å²) in [6.45, 7) is -0.534. The summed E-state index contributed by atoms with van der Waals surface area (Å²) in [6.07, 6.45) is 0. The monoisotopic (exact) mass is 184 g/mol. The van der Waals surface area contributed by atoms with E-state index in [9.17, 15) is 13.2 Å². The molecular formula is C3H8N2O5S. The smallest absolute Gasteiger partial charge is 0.333 e. The molecule has 0 amide bonds. The van der Waals surface area contributed by atoms with E-state index in [1.807, 2.05) is 0 Å². The Hall–Kier alpha value is -0.700. The zero-order valence-corrected chi connectivity index (χ0v) is 6.21. The molecule has 0 heterocycles. The standard InChI is InChI=1S/C3H8N2O5S/c4-2(3(6)7)1-5-11(8,9)10/h2,5H,1,4H2,(H,6,7)(H,8,9,10)/t2-/m0/s1. The van der Waals surface area contributed by atoms with Gasteiger partial charge >= 0.3 is 16.3 Å². The van der Waals surface area contributed by atoms with Gasteiger partial charge in [0.2, 0.25) is 0 Å². The first-order valence-electron chi connectivity index (χ1n) is 2.53. The Labute approximate surface area is 63.1 Å². The van der Waals surface area contributed by atoms with Crippen molar-refractivity contribution in [1.29, 1.82) is 0 Å². The average Bonchev–Trinajstić information content (AvgIpc) is 1.80. The van der Waals surface area contributed by atoms with Gasteiger partial charge < -0.3 is 10.8 Å². The van der Waals surface area contributed by atoms with Crippen molar-refractivity contribution in [2.75, 3.05) is 6.54 Å². The summed E-state index contributed by atoms with van der Waals surface area (Å²) in [5.41, 5.74) is 4.89. The minimum Gasteiger partial charge on any atom is -0.480 e. The molecule has 0 aromatic carbocycles. The summed E-state index contributed by atoms with van der Waals surface area (Å²) >= 11 is 0. The van der Waals surface area contributed by atoms with Gasteiger partial charge in [-0.05, 0) is 0 Å². The van der Waals surface area contributed by atoms with Gasteiger partial charge in [-0.25, -0.2) is 0 Å². The van der Waals surface area contributed by atoms with Crippen LogP contribution in [0.1, 0.15) is 0 Å². The molecule has 1 atom stereocenters. The van der Waals surface area contributed by atoms with Crippen molar-refractivity contribution in [2.45, 2.75) is 6.04 Å². The highest BCUT2D eigenvalue weighted by atomic mass is 32.2. The summed E-state index contributed by atoms with van der Waals surface area (Å²) in [5, 5.41) is 8.14. The Balaban J connectivity index is 3.82. The van der Waals surface area contributed by atoms with Crippen LogP contribution in [0.2, 0.25) is 0 Å². The van der Waals surface area contributed by atoms with E-state index in [0.717, 1.165) is 0 Å². The molecular weight excluding hydrogens is 176 g/mol. The van der Waals surface area contributed by atoms with Crippen molar-refractivity contribution >= 4 is 16.3 Å². The molecule has 8 heteroatoms. The molecule has 0 saturated heterocycles. The third-order valence-electron chi connectivity index (χ3n) is 0.803. The first-order valence-corrected chi connectivity index (χ1v) is 3.97. The number of aliphatic carboxylic acids is 1. The largest absolute Gasteiger partial charge is 0.480 e. The van der Waals surface area contributed by atoms with Gasteiger partial charge in [0.1, 0.15) is 6.04 Å². The van der Waals surface area contributed by atoms with Crippen LogP contribution in [0.15, 0.2) is 0 Å². The molecule has 0 spiro atoms. The molecule has 7 nitrogen and oxygen atoms in total. The first kappa shape index (κ1) is 10.3. The van der Waals surface area contributed by atoms with E-state index in [2.05, 4.69) is 0 Å². The molecule has 0 aromatic heterocycles. The predicted octanol–water partition coefficient (Wildman–Crippen LogP) is -2.21. The van der Waals surface area contributed by atoms with Crippen LogP contribution >= 0.6 is 0 Å². The van der Waals surface area contributed by atoms with Crippen LogP contribution in [-0.4, -0.2) is 36.6 Å². The van der Waals surface area contributed by atoms with Crippen molar-refractivity contribution in [2.24, 2.45) is 5.73 Å². The van der Waals surface area contributed by atoms with Crippen molar-refractivity contribution in [1.82, 2.24) is 4.72 Å². The summed E-state index contributed by atoms with van der Waals surface area (Å²) in [4.78, 5) is 9.97. The minimum absolute atomic E-state index is 0.534. The second-order valence-electron chi connectivity index (χ2n) is 1.77. The van der Waals surface area contributed by atoms with E-state index in [1.165, 1.54) is 4.72 Å². The van der Waals surface area contributed by atoms with Crippen LogP contribution in [0, 0.1) is 0 Å². The highest BCUT2D eigenvalue weighted by Gasteiger charge is 2.13. The van der Waals surface area contributed by atoms with Crippen molar-refractivity contribution in [3.63, 3.8) is 0 Å². The van der Waals surface area contributed by atoms with Crippen LogP contribution < -0.4 is 10.5 Å². The van der Waals surface area contributed by atoms with E-state index < -0.39 is 28.9 Å². The molecule has 0 radical (unpaired) electrons. The van der Waals surface area contributed by atoms with Crippen LogP contribution in [0.5, 0.6) is 0 Å². The van der Waals surface area contributed by atoms with Crippen molar-refractivity contribution in [3.05, 3.63) is 0 Å². The number of hydrogen-bond acceptors (Lipinski definition) is 4. The minimum atomic E-state index is -4.35. The Morgan fingerprint density at radius 2 is 2.09 bits per heavy atom. The van der Waals surface area contributed by atoms with Gasteiger partial charge in [-0.3, -0.25) is 9.35 Å². The van der Waals surface area contributed by atoms with Gasteiger partial charge in [-0.2, -0.15) is 13.1 Å². The second kappa shape index (κ2) is 3.62. The fourth-order valence-corrected chi connectivity index (χ4v) is 0.673. The quantitative estimate of drug-likeness (QED) is 0.366. The Bertz CT molecular complexity index is 234. The molecule has 0 rings (SSSR count). The zero-order chi connectivity index (χ0) is 9.07. The summed E-state index contributed by atoms with van der Waals surface area (Å²) in [6, 6.07) is -1.35. The maximum absolute atomic E-state index is 9.97. The molecule has 0 aliphatic carbocycles. The molecule has 0 aliphatic rings.